The number of rotatable bonds is 8. The van der Waals surface area contributed by atoms with E-state index in [4.69, 9.17) is 4.74 Å². The van der Waals surface area contributed by atoms with Crippen LogP contribution in [0.3, 0.4) is 0 Å². The molecular formula is C19H24ClNO2. The zero-order valence-corrected chi connectivity index (χ0v) is 14.4. The maximum atomic E-state index is 12.2. The van der Waals surface area contributed by atoms with Crippen LogP contribution in [0.1, 0.15) is 29.8 Å². The molecular weight excluding hydrogens is 310 g/mol. The van der Waals surface area contributed by atoms with Gasteiger partial charge in [0.1, 0.15) is 5.75 Å². The number of hydrogen-bond acceptors (Lipinski definition) is 3. The van der Waals surface area contributed by atoms with E-state index < -0.39 is 0 Å². The van der Waals surface area contributed by atoms with Crippen molar-refractivity contribution in [1.82, 2.24) is 5.32 Å². The Morgan fingerprint density at radius 2 is 1.74 bits per heavy atom. The topological polar surface area (TPSA) is 38.3 Å². The van der Waals surface area contributed by atoms with Crippen molar-refractivity contribution >= 4 is 18.2 Å². The van der Waals surface area contributed by atoms with Gasteiger partial charge in [-0.25, -0.2) is 0 Å². The van der Waals surface area contributed by atoms with Crippen LogP contribution in [-0.2, 0) is 6.42 Å². The fourth-order valence-corrected chi connectivity index (χ4v) is 2.31. The van der Waals surface area contributed by atoms with Crippen molar-refractivity contribution in [3.8, 4) is 5.75 Å². The third kappa shape index (κ3) is 6.43. The van der Waals surface area contributed by atoms with Crippen molar-refractivity contribution in [3.63, 3.8) is 0 Å². The first-order valence-corrected chi connectivity index (χ1v) is 7.72. The summed E-state index contributed by atoms with van der Waals surface area (Å²) in [6.07, 6.45) is 0.914. The van der Waals surface area contributed by atoms with E-state index in [1.54, 1.807) is 0 Å². The minimum atomic E-state index is 0. The van der Waals surface area contributed by atoms with Crippen molar-refractivity contribution < 1.29 is 9.53 Å². The molecule has 1 atom stereocenters. The maximum Gasteiger partial charge on any atom is 0.176 e. The van der Waals surface area contributed by atoms with Gasteiger partial charge in [-0.15, -0.1) is 12.4 Å². The van der Waals surface area contributed by atoms with Crippen molar-refractivity contribution in [1.29, 1.82) is 0 Å². The van der Waals surface area contributed by atoms with Crippen molar-refractivity contribution in [2.45, 2.75) is 26.3 Å². The predicted octanol–water partition coefficient (Wildman–Crippen LogP) is 3.91. The molecule has 0 aliphatic carbocycles. The average molecular weight is 334 g/mol. The van der Waals surface area contributed by atoms with Crippen molar-refractivity contribution in [2.24, 2.45) is 0 Å². The highest BCUT2D eigenvalue weighted by molar-refractivity contribution is 5.97. The molecule has 0 unspecified atom stereocenters. The number of benzene rings is 2. The average Bonchev–Trinajstić information content (AvgIpc) is 2.54. The Balaban J connectivity index is 0.00000264. The molecule has 0 amide bonds. The number of nitrogens with one attached hydrogen (secondary N) is 1. The molecule has 1 N–H and O–H groups in total. The maximum absolute atomic E-state index is 12.2. The third-order valence-corrected chi connectivity index (χ3v) is 3.48. The van der Waals surface area contributed by atoms with E-state index in [0.717, 1.165) is 12.2 Å². The minimum Gasteiger partial charge on any atom is -0.494 e. The van der Waals surface area contributed by atoms with Gasteiger partial charge in [-0.2, -0.15) is 0 Å². The van der Waals surface area contributed by atoms with Gasteiger partial charge in [0.05, 0.1) is 13.2 Å². The number of halogens is 1. The molecule has 0 aromatic heterocycles. The van der Waals surface area contributed by atoms with E-state index in [-0.39, 0.29) is 24.2 Å². The second-order valence-electron chi connectivity index (χ2n) is 5.35. The first-order chi connectivity index (χ1) is 10.7. The van der Waals surface area contributed by atoms with Gasteiger partial charge in [0, 0.05) is 11.6 Å². The van der Waals surface area contributed by atoms with E-state index in [0.29, 0.717) is 18.7 Å². The van der Waals surface area contributed by atoms with E-state index in [9.17, 15) is 4.79 Å². The highest BCUT2D eigenvalue weighted by Crippen LogP contribution is 2.12. The molecule has 0 aliphatic heterocycles. The summed E-state index contributed by atoms with van der Waals surface area (Å²) in [6, 6.07) is 17.9. The van der Waals surface area contributed by atoms with Crippen molar-refractivity contribution in [3.05, 3.63) is 65.7 Å². The summed E-state index contributed by atoms with van der Waals surface area (Å²) in [5, 5.41) is 3.29. The Hall–Kier alpha value is -1.84. The lowest BCUT2D eigenvalue weighted by atomic mass is 10.1. The fourth-order valence-electron chi connectivity index (χ4n) is 2.31. The molecule has 0 radical (unpaired) electrons. The van der Waals surface area contributed by atoms with Gasteiger partial charge < -0.3 is 10.1 Å². The van der Waals surface area contributed by atoms with Crippen LogP contribution >= 0.6 is 12.4 Å². The van der Waals surface area contributed by atoms with Crippen LogP contribution < -0.4 is 10.1 Å². The zero-order chi connectivity index (χ0) is 15.8. The minimum absolute atomic E-state index is 0. The Morgan fingerprint density at radius 1 is 1.09 bits per heavy atom. The molecule has 2 rings (SSSR count). The van der Waals surface area contributed by atoms with Gasteiger partial charge in [0.2, 0.25) is 0 Å². The Labute approximate surface area is 144 Å². The van der Waals surface area contributed by atoms with Crippen molar-refractivity contribution in [2.75, 3.05) is 13.2 Å². The normalized spacial score (nSPS) is 11.4. The second-order valence-corrected chi connectivity index (χ2v) is 5.35. The molecule has 0 saturated heterocycles. The second kappa shape index (κ2) is 10.0. The van der Waals surface area contributed by atoms with Crippen LogP contribution in [0, 0.1) is 0 Å². The smallest absolute Gasteiger partial charge is 0.176 e. The molecule has 3 nitrogen and oxygen atoms in total. The van der Waals surface area contributed by atoms with E-state index in [2.05, 4.69) is 24.4 Å². The van der Waals surface area contributed by atoms with Gasteiger partial charge in [-0.05, 0) is 50.1 Å². The van der Waals surface area contributed by atoms with Crippen LogP contribution in [0.2, 0.25) is 0 Å². The lowest BCUT2D eigenvalue weighted by Crippen LogP contribution is -2.33. The number of hydrogen-bond donors (Lipinski definition) is 1. The summed E-state index contributed by atoms with van der Waals surface area (Å²) >= 11 is 0. The molecule has 4 heteroatoms. The van der Waals surface area contributed by atoms with Gasteiger partial charge >= 0.3 is 0 Å². The number of ketones is 1. The molecule has 0 aliphatic rings. The van der Waals surface area contributed by atoms with Crippen LogP contribution in [0.5, 0.6) is 5.75 Å². The molecule has 0 fully saturated rings. The van der Waals surface area contributed by atoms with Gasteiger partial charge in [-0.1, -0.05) is 30.3 Å². The Morgan fingerprint density at radius 3 is 2.35 bits per heavy atom. The molecule has 2 aromatic carbocycles. The summed E-state index contributed by atoms with van der Waals surface area (Å²) in [7, 11) is 0. The summed E-state index contributed by atoms with van der Waals surface area (Å²) in [5.41, 5.74) is 1.99. The lowest BCUT2D eigenvalue weighted by molar-refractivity contribution is 0.0987. The lowest BCUT2D eigenvalue weighted by Gasteiger charge is -2.13. The Bertz CT molecular complexity index is 584. The van der Waals surface area contributed by atoms with E-state index >= 15 is 0 Å². The highest BCUT2D eigenvalue weighted by atomic mass is 35.5. The van der Waals surface area contributed by atoms with Crippen LogP contribution in [-0.4, -0.2) is 25.0 Å². The van der Waals surface area contributed by atoms with Gasteiger partial charge in [0.25, 0.3) is 0 Å². The standard InChI is InChI=1S/C19H23NO2.ClH/c1-3-22-18-11-9-17(10-12-18)19(21)14-20-15(2)13-16-7-5-4-6-8-16;/h4-12,15,20H,3,13-14H2,1-2H3;1H/t15-;/m0./s1. The predicted molar refractivity (Wildman–Crippen MR) is 96.8 cm³/mol. The fraction of sp³-hybridized carbons (Fsp3) is 0.316. The zero-order valence-electron chi connectivity index (χ0n) is 13.6. The number of carbonyl (C=O) groups is 1. The number of Topliss-reactive ketones (excluding diaryl/α,β-unsaturated/α-hetero) is 1. The molecule has 0 spiro atoms. The molecule has 124 valence electrons. The van der Waals surface area contributed by atoms with Crippen LogP contribution in [0.25, 0.3) is 0 Å². The number of carbonyl (C=O) groups excluding carboxylic acids is 1. The molecule has 0 heterocycles. The molecule has 23 heavy (non-hydrogen) atoms. The monoisotopic (exact) mass is 333 g/mol. The van der Waals surface area contributed by atoms with Crippen LogP contribution in [0.15, 0.2) is 54.6 Å². The summed E-state index contributed by atoms with van der Waals surface area (Å²) < 4.78 is 5.38. The van der Waals surface area contributed by atoms with Gasteiger partial charge in [-0.3, -0.25) is 4.79 Å². The Kier molecular flexibility index (Phi) is 8.38. The summed E-state index contributed by atoms with van der Waals surface area (Å²) in [5.74, 6) is 0.896. The van der Waals surface area contributed by atoms with E-state index in [1.165, 1.54) is 5.56 Å². The SMILES string of the molecule is CCOc1ccc(C(=O)CN[C@@H](C)Cc2ccccc2)cc1.Cl. The largest absolute Gasteiger partial charge is 0.494 e. The first-order valence-electron chi connectivity index (χ1n) is 7.72. The third-order valence-electron chi connectivity index (χ3n) is 3.48. The highest BCUT2D eigenvalue weighted by Gasteiger charge is 2.09. The molecule has 0 saturated carbocycles. The molecule has 0 bridgehead atoms. The van der Waals surface area contributed by atoms with Crippen LogP contribution in [0.4, 0.5) is 0 Å². The van der Waals surface area contributed by atoms with E-state index in [1.807, 2.05) is 49.4 Å². The van der Waals surface area contributed by atoms with Gasteiger partial charge in [0.15, 0.2) is 5.78 Å². The summed E-state index contributed by atoms with van der Waals surface area (Å²) in [4.78, 5) is 12.2. The molecule has 2 aromatic rings. The first kappa shape index (κ1) is 19.2. The quantitative estimate of drug-likeness (QED) is 0.744. The number of ether oxygens (including phenoxy) is 1. The summed E-state index contributed by atoms with van der Waals surface area (Å²) in [6.45, 7) is 5.02.